The van der Waals surface area contributed by atoms with Crippen LogP contribution in [-0.4, -0.2) is 9.77 Å². The van der Waals surface area contributed by atoms with Crippen LogP contribution in [0.25, 0.3) is 5.52 Å². The second-order valence-electron chi connectivity index (χ2n) is 3.70. The van der Waals surface area contributed by atoms with Crippen LogP contribution in [0.2, 0.25) is 0 Å². The summed E-state index contributed by atoms with van der Waals surface area (Å²) in [6.45, 7) is 6.35. The third-order valence-electron chi connectivity index (χ3n) is 2.80. The van der Waals surface area contributed by atoms with Crippen molar-refractivity contribution in [3.8, 4) is 0 Å². The standard InChI is InChI=1S/C12H13NS/c1-8-4-5-12-11(7-14)9(2)10(3)13(12)6-8/h4-7H,1-3H3. The van der Waals surface area contributed by atoms with Crippen molar-refractivity contribution in [1.29, 1.82) is 0 Å². The minimum Gasteiger partial charge on any atom is -0.320 e. The van der Waals surface area contributed by atoms with E-state index in [9.17, 15) is 0 Å². The molecule has 0 bridgehead atoms. The van der Waals surface area contributed by atoms with Crippen LogP contribution >= 0.6 is 12.2 Å². The molecular formula is C12H13NS. The van der Waals surface area contributed by atoms with Gasteiger partial charge in [0.05, 0.1) is 5.52 Å². The molecule has 2 aromatic rings. The highest BCUT2D eigenvalue weighted by molar-refractivity contribution is 7.79. The Morgan fingerprint density at radius 1 is 1.21 bits per heavy atom. The number of aryl methyl sites for hydroxylation is 2. The topological polar surface area (TPSA) is 4.41 Å². The molecule has 0 atom stereocenters. The molecule has 0 aliphatic heterocycles. The Morgan fingerprint density at radius 3 is 2.57 bits per heavy atom. The Morgan fingerprint density at radius 2 is 1.93 bits per heavy atom. The molecule has 0 aliphatic rings. The highest BCUT2D eigenvalue weighted by Gasteiger charge is 2.08. The molecule has 72 valence electrons. The number of rotatable bonds is 1. The van der Waals surface area contributed by atoms with Gasteiger partial charge in [0.15, 0.2) is 0 Å². The summed E-state index contributed by atoms with van der Waals surface area (Å²) >= 11 is 5.04. The minimum atomic E-state index is 1.18. The Kier molecular flexibility index (Phi) is 2.16. The zero-order valence-corrected chi connectivity index (χ0v) is 9.48. The summed E-state index contributed by atoms with van der Waals surface area (Å²) in [6, 6.07) is 4.25. The number of hydrogen-bond donors (Lipinski definition) is 0. The lowest BCUT2D eigenvalue weighted by Crippen LogP contribution is -1.88. The lowest BCUT2D eigenvalue weighted by atomic mass is 10.2. The van der Waals surface area contributed by atoms with Gasteiger partial charge >= 0.3 is 0 Å². The van der Waals surface area contributed by atoms with Crippen LogP contribution in [-0.2, 0) is 0 Å². The third-order valence-corrected chi connectivity index (χ3v) is 3.03. The molecule has 0 saturated heterocycles. The van der Waals surface area contributed by atoms with E-state index in [1.807, 2.05) is 0 Å². The number of hydrogen-bond acceptors (Lipinski definition) is 1. The molecule has 2 rings (SSSR count). The molecular weight excluding hydrogens is 190 g/mol. The molecule has 0 amide bonds. The molecule has 2 heteroatoms. The molecule has 14 heavy (non-hydrogen) atoms. The second-order valence-corrected chi connectivity index (χ2v) is 3.94. The van der Waals surface area contributed by atoms with Gasteiger partial charge in [0.25, 0.3) is 0 Å². The number of pyridine rings is 1. The molecule has 2 aromatic heterocycles. The van der Waals surface area contributed by atoms with E-state index in [0.717, 1.165) is 0 Å². The fraction of sp³-hybridized carbons (Fsp3) is 0.250. The SMILES string of the molecule is Cc1ccc2c(C=S)c(C)c(C)n2c1. The summed E-state index contributed by atoms with van der Waals surface area (Å²) in [7, 11) is 0. The molecule has 0 unspecified atom stereocenters. The maximum absolute atomic E-state index is 5.04. The van der Waals surface area contributed by atoms with E-state index in [4.69, 9.17) is 12.2 Å². The summed E-state index contributed by atoms with van der Waals surface area (Å²) < 4.78 is 2.21. The molecule has 0 spiro atoms. The van der Waals surface area contributed by atoms with E-state index < -0.39 is 0 Å². The smallest absolute Gasteiger partial charge is 0.0536 e. The van der Waals surface area contributed by atoms with Crippen molar-refractivity contribution in [1.82, 2.24) is 4.40 Å². The van der Waals surface area contributed by atoms with Crippen molar-refractivity contribution < 1.29 is 0 Å². The van der Waals surface area contributed by atoms with Crippen molar-refractivity contribution >= 4 is 23.1 Å². The second kappa shape index (κ2) is 3.21. The molecule has 1 nitrogen and oxygen atoms in total. The van der Waals surface area contributed by atoms with Crippen LogP contribution < -0.4 is 0 Å². The normalized spacial score (nSPS) is 10.8. The average Bonchev–Trinajstić information content (AvgIpc) is 2.41. The highest BCUT2D eigenvalue weighted by atomic mass is 32.1. The first-order valence-electron chi connectivity index (χ1n) is 4.68. The van der Waals surface area contributed by atoms with Gasteiger partial charge in [0.2, 0.25) is 0 Å². The molecule has 2 heterocycles. The van der Waals surface area contributed by atoms with Gasteiger partial charge in [-0.3, -0.25) is 0 Å². The quantitative estimate of drug-likeness (QED) is 0.644. The number of fused-ring (bicyclic) bond motifs is 1. The largest absolute Gasteiger partial charge is 0.320 e. The van der Waals surface area contributed by atoms with Crippen LogP contribution in [0.5, 0.6) is 0 Å². The predicted molar refractivity (Wildman–Crippen MR) is 64.4 cm³/mol. The lowest BCUT2D eigenvalue weighted by molar-refractivity contribution is 1.08. The van der Waals surface area contributed by atoms with Gasteiger partial charge in [-0.1, -0.05) is 18.3 Å². The minimum absolute atomic E-state index is 1.18. The zero-order valence-electron chi connectivity index (χ0n) is 8.66. The van der Waals surface area contributed by atoms with Gasteiger partial charge in [-0.2, -0.15) is 0 Å². The first-order valence-corrected chi connectivity index (χ1v) is 5.15. The van der Waals surface area contributed by atoms with Gasteiger partial charge in [-0.15, -0.1) is 0 Å². The Hall–Kier alpha value is -1.15. The van der Waals surface area contributed by atoms with E-state index in [1.165, 1.54) is 27.9 Å². The first kappa shape index (κ1) is 9.41. The molecule has 0 saturated carbocycles. The maximum atomic E-state index is 5.04. The number of thiocarbonyl (C=S) groups is 1. The van der Waals surface area contributed by atoms with E-state index in [-0.39, 0.29) is 0 Å². The third kappa shape index (κ3) is 1.18. The molecule has 0 aliphatic carbocycles. The Bertz CT molecular complexity index is 509. The maximum Gasteiger partial charge on any atom is 0.0536 e. The Labute approximate surface area is 89.4 Å². The predicted octanol–water partition coefficient (Wildman–Crippen LogP) is 3.21. The van der Waals surface area contributed by atoms with Crippen molar-refractivity contribution in [2.24, 2.45) is 0 Å². The summed E-state index contributed by atoms with van der Waals surface area (Å²) in [5.41, 5.74) is 6.22. The van der Waals surface area contributed by atoms with Crippen molar-refractivity contribution in [2.75, 3.05) is 0 Å². The van der Waals surface area contributed by atoms with Crippen LogP contribution in [0.4, 0.5) is 0 Å². The number of nitrogens with zero attached hydrogens (tertiary/aromatic N) is 1. The fourth-order valence-electron chi connectivity index (χ4n) is 1.82. The van der Waals surface area contributed by atoms with Gasteiger partial charge in [-0.05, 0) is 38.0 Å². The van der Waals surface area contributed by atoms with Gasteiger partial charge in [0.1, 0.15) is 0 Å². The molecule has 0 aromatic carbocycles. The van der Waals surface area contributed by atoms with Crippen LogP contribution in [0.1, 0.15) is 22.4 Å². The summed E-state index contributed by atoms with van der Waals surface area (Å²) in [6.07, 6.45) is 2.15. The fourth-order valence-corrected chi connectivity index (χ4v) is 2.12. The first-order chi connectivity index (χ1) is 6.65. The Balaban J connectivity index is 2.95. The van der Waals surface area contributed by atoms with Crippen molar-refractivity contribution in [3.05, 3.63) is 40.7 Å². The van der Waals surface area contributed by atoms with Gasteiger partial charge in [0, 0.05) is 22.8 Å². The summed E-state index contributed by atoms with van der Waals surface area (Å²) in [5.74, 6) is 0. The number of aromatic nitrogens is 1. The van der Waals surface area contributed by atoms with E-state index in [2.05, 4.69) is 43.5 Å². The van der Waals surface area contributed by atoms with E-state index in [0.29, 0.717) is 0 Å². The molecule has 0 fully saturated rings. The van der Waals surface area contributed by atoms with Gasteiger partial charge < -0.3 is 4.40 Å². The summed E-state index contributed by atoms with van der Waals surface area (Å²) in [4.78, 5) is 0. The average molecular weight is 203 g/mol. The highest BCUT2D eigenvalue weighted by Crippen LogP contribution is 2.21. The molecule has 0 N–H and O–H groups in total. The zero-order chi connectivity index (χ0) is 10.3. The van der Waals surface area contributed by atoms with E-state index >= 15 is 0 Å². The lowest BCUT2D eigenvalue weighted by Gasteiger charge is -1.99. The van der Waals surface area contributed by atoms with Gasteiger partial charge in [-0.25, -0.2) is 0 Å². The summed E-state index contributed by atoms with van der Waals surface area (Å²) in [5, 5.41) is 1.77. The van der Waals surface area contributed by atoms with E-state index in [1.54, 1.807) is 5.37 Å². The monoisotopic (exact) mass is 203 g/mol. The molecule has 0 radical (unpaired) electrons. The van der Waals surface area contributed by atoms with Crippen molar-refractivity contribution in [3.63, 3.8) is 0 Å². The van der Waals surface area contributed by atoms with Crippen molar-refractivity contribution in [2.45, 2.75) is 20.8 Å². The van der Waals surface area contributed by atoms with Crippen LogP contribution in [0, 0.1) is 20.8 Å². The van der Waals surface area contributed by atoms with Crippen LogP contribution in [0.3, 0.4) is 0 Å². The van der Waals surface area contributed by atoms with Crippen LogP contribution in [0.15, 0.2) is 18.3 Å².